The largest absolute Gasteiger partial charge is 0.317 e. The van der Waals surface area contributed by atoms with Crippen molar-refractivity contribution >= 4 is 17.3 Å². The highest BCUT2D eigenvalue weighted by Crippen LogP contribution is 2.44. The van der Waals surface area contributed by atoms with E-state index < -0.39 is 0 Å². The highest BCUT2D eigenvalue weighted by Gasteiger charge is 2.49. The predicted molar refractivity (Wildman–Crippen MR) is 78.7 cm³/mol. The van der Waals surface area contributed by atoms with Crippen LogP contribution in [0.3, 0.4) is 0 Å². The maximum absolute atomic E-state index is 11.2. The SMILES string of the molecule is C[N+]1(Cc2c(Cl)cccc2[N+](=O)[O-])C2CCCC1CC2. The summed E-state index contributed by atoms with van der Waals surface area (Å²) in [7, 11) is 2.26. The number of rotatable bonds is 3. The molecule has 4 nitrogen and oxygen atoms in total. The Hall–Kier alpha value is -1.13. The molecule has 0 spiro atoms. The molecule has 108 valence electrons. The van der Waals surface area contributed by atoms with Gasteiger partial charge in [0.15, 0.2) is 0 Å². The molecule has 2 bridgehead atoms. The molecule has 5 heteroatoms. The van der Waals surface area contributed by atoms with Crippen molar-refractivity contribution in [3.05, 3.63) is 38.9 Å². The first kappa shape index (κ1) is 13.8. The van der Waals surface area contributed by atoms with Crippen molar-refractivity contribution in [1.29, 1.82) is 0 Å². The van der Waals surface area contributed by atoms with Crippen molar-refractivity contribution in [2.45, 2.75) is 50.7 Å². The molecule has 2 unspecified atom stereocenters. The van der Waals surface area contributed by atoms with Crippen molar-refractivity contribution in [3.63, 3.8) is 0 Å². The van der Waals surface area contributed by atoms with Crippen LogP contribution >= 0.6 is 11.6 Å². The molecule has 0 radical (unpaired) electrons. The molecule has 2 heterocycles. The molecule has 1 aromatic rings. The van der Waals surface area contributed by atoms with Crippen molar-refractivity contribution in [2.75, 3.05) is 7.05 Å². The lowest BCUT2D eigenvalue weighted by atomic mass is 9.98. The fourth-order valence-electron chi connectivity index (χ4n) is 4.21. The molecule has 2 saturated heterocycles. The number of fused-ring (bicyclic) bond motifs is 2. The maximum atomic E-state index is 11.2. The lowest BCUT2D eigenvalue weighted by Gasteiger charge is -2.44. The Kier molecular flexibility index (Phi) is 3.46. The normalized spacial score (nSPS) is 32.3. The maximum Gasteiger partial charge on any atom is 0.279 e. The first-order chi connectivity index (χ1) is 9.52. The van der Waals surface area contributed by atoms with Crippen LogP contribution in [0.25, 0.3) is 0 Å². The van der Waals surface area contributed by atoms with Crippen LogP contribution < -0.4 is 0 Å². The van der Waals surface area contributed by atoms with Crippen LogP contribution in [0.4, 0.5) is 5.69 Å². The Bertz CT molecular complexity index is 531. The molecule has 20 heavy (non-hydrogen) atoms. The summed E-state index contributed by atoms with van der Waals surface area (Å²) in [6.45, 7) is 0.686. The fraction of sp³-hybridized carbons (Fsp3) is 0.600. The standard InChI is InChI=1S/C15H20ClN2O2/c1-18(11-4-2-5-12(18)9-8-11)10-13-14(16)6-3-7-15(13)17(19)20/h3,6-7,11-12H,2,4-5,8-10H2,1H3/q+1. The highest BCUT2D eigenvalue weighted by molar-refractivity contribution is 6.31. The second-order valence-electron chi connectivity index (χ2n) is 6.32. The zero-order valence-corrected chi connectivity index (χ0v) is 12.5. The number of nitro benzene ring substituents is 1. The zero-order chi connectivity index (χ0) is 14.3. The zero-order valence-electron chi connectivity index (χ0n) is 11.7. The Morgan fingerprint density at radius 3 is 2.55 bits per heavy atom. The first-order valence-electron chi connectivity index (χ1n) is 7.29. The van der Waals surface area contributed by atoms with Crippen molar-refractivity contribution in [3.8, 4) is 0 Å². The van der Waals surface area contributed by atoms with Gasteiger partial charge in [0.1, 0.15) is 12.1 Å². The summed E-state index contributed by atoms with van der Waals surface area (Å²) in [5.41, 5.74) is 0.877. The molecule has 0 N–H and O–H groups in total. The summed E-state index contributed by atoms with van der Waals surface area (Å²) in [6.07, 6.45) is 6.28. The van der Waals surface area contributed by atoms with E-state index in [1.165, 1.54) is 32.1 Å². The van der Waals surface area contributed by atoms with Crippen LogP contribution in [0.1, 0.15) is 37.7 Å². The fourth-order valence-corrected chi connectivity index (χ4v) is 4.44. The third kappa shape index (κ3) is 2.11. The van der Waals surface area contributed by atoms with Gasteiger partial charge in [-0.1, -0.05) is 17.7 Å². The molecule has 2 atom stereocenters. The lowest BCUT2D eigenvalue weighted by molar-refractivity contribution is -0.960. The minimum atomic E-state index is -0.306. The van der Waals surface area contributed by atoms with Crippen LogP contribution in [-0.4, -0.2) is 28.5 Å². The molecule has 0 amide bonds. The number of hydrogen-bond acceptors (Lipinski definition) is 2. The molecule has 0 saturated carbocycles. The van der Waals surface area contributed by atoms with Gasteiger partial charge in [-0.2, -0.15) is 0 Å². The summed E-state index contributed by atoms with van der Waals surface area (Å²) < 4.78 is 0.935. The van der Waals surface area contributed by atoms with Gasteiger partial charge < -0.3 is 4.48 Å². The number of nitrogens with zero attached hydrogens (tertiary/aromatic N) is 2. The van der Waals surface area contributed by atoms with E-state index >= 15 is 0 Å². The molecular weight excluding hydrogens is 276 g/mol. The van der Waals surface area contributed by atoms with Gasteiger partial charge in [0.05, 0.1) is 29.1 Å². The summed E-state index contributed by atoms with van der Waals surface area (Å²) in [5.74, 6) is 0. The van der Waals surface area contributed by atoms with Crippen molar-refractivity contribution in [2.24, 2.45) is 0 Å². The van der Waals surface area contributed by atoms with E-state index in [1.807, 2.05) is 0 Å². The van der Waals surface area contributed by atoms with E-state index in [0.717, 1.165) is 4.48 Å². The van der Waals surface area contributed by atoms with Gasteiger partial charge in [0, 0.05) is 18.9 Å². The number of hydrogen-bond donors (Lipinski definition) is 0. The van der Waals surface area contributed by atoms with Crippen LogP contribution in [-0.2, 0) is 6.54 Å². The molecule has 0 aliphatic carbocycles. The number of halogens is 1. The molecule has 2 aliphatic heterocycles. The van der Waals surface area contributed by atoms with Gasteiger partial charge in [-0.15, -0.1) is 0 Å². The predicted octanol–water partition coefficient (Wildman–Crippen LogP) is 3.91. The van der Waals surface area contributed by atoms with Crippen LogP contribution in [0.2, 0.25) is 5.02 Å². The van der Waals surface area contributed by atoms with Gasteiger partial charge in [0.2, 0.25) is 0 Å². The highest BCUT2D eigenvalue weighted by atomic mass is 35.5. The molecule has 0 aromatic heterocycles. The topological polar surface area (TPSA) is 43.1 Å². The molecule has 2 aliphatic rings. The second-order valence-corrected chi connectivity index (χ2v) is 6.72. The summed E-state index contributed by atoms with van der Waals surface area (Å²) in [4.78, 5) is 10.9. The van der Waals surface area contributed by atoms with Crippen molar-refractivity contribution < 1.29 is 9.41 Å². The summed E-state index contributed by atoms with van der Waals surface area (Å²) in [6, 6.07) is 6.28. The van der Waals surface area contributed by atoms with E-state index in [4.69, 9.17) is 11.6 Å². The van der Waals surface area contributed by atoms with E-state index in [2.05, 4.69) is 7.05 Å². The van der Waals surface area contributed by atoms with Gasteiger partial charge in [-0.05, 0) is 25.3 Å². The van der Waals surface area contributed by atoms with E-state index in [9.17, 15) is 10.1 Å². The van der Waals surface area contributed by atoms with Gasteiger partial charge in [-0.25, -0.2) is 0 Å². The van der Waals surface area contributed by atoms with E-state index in [1.54, 1.807) is 18.2 Å². The van der Waals surface area contributed by atoms with Crippen molar-refractivity contribution in [1.82, 2.24) is 0 Å². The third-order valence-electron chi connectivity index (χ3n) is 5.37. The Labute approximate surface area is 124 Å². The number of benzene rings is 1. The average Bonchev–Trinajstić information content (AvgIpc) is 2.61. The Balaban J connectivity index is 1.97. The number of nitro groups is 1. The van der Waals surface area contributed by atoms with Crippen LogP contribution in [0.15, 0.2) is 18.2 Å². The monoisotopic (exact) mass is 295 g/mol. The quantitative estimate of drug-likeness (QED) is 0.482. The minimum Gasteiger partial charge on any atom is -0.317 e. The van der Waals surface area contributed by atoms with Gasteiger partial charge in [0.25, 0.3) is 5.69 Å². The number of quaternary nitrogens is 1. The minimum absolute atomic E-state index is 0.168. The van der Waals surface area contributed by atoms with Crippen LogP contribution in [0, 0.1) is 10.1 Å². The molecule has 3 rings (SSSR count). The Morgan fingerprint density at radius 1 is 1.30 bits per heavy atom. The summed E-state index contributed by atoms with van der Waals surface area (Å²) >= 11 is 6.26. The molecular formula is C15H20ClN2O2+. The first-order valence-corrected chi connectivity index (χ1v) is 7.67. The van der Waals surface area contributed by atoms with Gasteiger partial charge >= 0.3 is 0 Å². The Morgan fingerprint density at radius 2 is 1.95 bits per heavy atom. The smallest absolute Gasteiger partial charge is 0.279 e. The number of piperidine rings is 1. The van der Waals surface area contributed by atoms with E-state index in [0.29, 0.717) is 29.2 Å². The van der Waals surface area contributed by atoms with Gasteiger partial charge in [-0.3, -0.25) is 10.1 Å². The third-order valence-corrected chi connectivity index (χ3v) is 5.72. The van der Waals surface area contributed by atoms with Crippen LogP contribution in [0.5, 0.6) is 0 Å². The lowest BCUT2D eigenvalue weighted by Crippen LogP contribution is -2.55. The summed E-state index contributed by atoms with van der Waals surface area (Å²) in [5, 5.41) is 11.8. The average molecular weight is 296 g/mol. The van der Waals surface area contributed by atoms with E-state index in [-0.39, 0.29) is 10.6 Å². The second kappa shape index (κ2) is 5.01. The molecule has 2 fully saturated rings. The molecule has 1 aromatic carbocycles.